The van der Waals surface area contributed by atoms with Crippen LogP contribution in [0.25, 0.3) is 22.2 Å². The fraction of sp³-hybridized carbons (Fsp3) is 0.273. The number of allylic oxidation sites excluding steroid dienone is 2. The summed E-state index contributed by atoms with van der Waals surface area (Å²) in [4.78, 5) is 26.1. The van der Waals surface area contributed by atoms with Crippen LogP contribution >= 0.6 is 0 Å². The summed E-state index contributed by atoms with van der Waals surface area (Å²) in [5.41, 5.74) is 4.89. The molecule has 10 nitrogen and oxygen atoms in total. The van der Waals surface area contributed by atoms with E-state index in [1.165, 1.54) is 12.3 Å². The van der Waals surface area contributed by atoms with Gasteiger partial charge in [-0.1, -0.05) is 36.9 Å². The average molecular weight is 577 g/mol. The van der Waals surface area contributed by atoms with E-state index in [-0.39, 0.29) is 5.91 Å². The Bertz CT molecular complexity index is 1730. The first-order chi connectivity index (χ1) is 20.8. The van der Waals surface area contributed by atoms with Crippen LogP contribution in [0.1, 0.15) is 24.4 Å². The summed E-state index contributed by atoms with van der Waals surface area (Å²) < 4.78 is 8.05. The van der Waals surface area contributed by atoms with Crippen molar-refractivity contribution in [3.05, 3.63) is 79.2 Å². The predicted molar refractivity (Wildman–Crippen MR) is 172 cm³/mol. The zero-order chi connectivity index (χ0) is 30.5. The van der Waals surface area contributed by atoms with E-state index in [0.717, 1.165) is 48.1 Å². The highest BCUT2D eigenvalue weighted by atomic mass is 16.5. The molecule has 1 amide bonds. The van der Waals surface area contributed by atoms with Crippen molar-refractivity contribution in [1.82, 2.24) is 19.4 Å². The lowest BCUT2D eigenvalue weighted by Gasteiger charge is -2.26. The molecule has 0 radical (unpaired) electrons. The number of nitrogens with one attached hydrogen (secondary N) is 2. The Hall–Kier alpha value is -5.14. The molecule has 0 saturated heterocycles. The van der Waals surface area contributed by atoms with Crippen LogP contribution in [-0.2, 0) is 4.79 Å². The summed E-state index contributed by atoms with van der Waals surface area (Å²) in [5.74, 6) is 0.557. The van der Waals surface area contributed by atoms with Crippen LogP contribution in [0, 0.1) is 11.3 Å². The third-order valence-electron chi connectivity index (χ3n) is 7.34. The van der Waals surface area contributed by atoms with Gasteiger partial charge in [0.1, 0.15) is 11.8 Å². The van der Waals surface area contributed by atoms with Gasteiger partial charge in [0.2, 0.25) is 11.9 Å². The van der Waals surface area contributed by atoms with Crippen molar-refractivity contribution in [2.45, 2.75) is 18.9 Å². The highest BCUT2D eigenvalue weighted by Crippen LogP contribution is 2.42. The fourth-order valence-electron chi connectivity index (χ4n) is 4.95. The second-order valence-corrected chi connectivity index (χ2v) is 10.8. The van der Waals surface area contributed by atoms with Crippen LogP contribution in [0.15, 0.2) is 73.6 Å². The number of methoxy groups -OCH3 is 1. The standard InChI is InChI=1S/C33H36N8O2/c1-6-7-12-31(42)36-26-17-27(30(43-5)18-29(26)40(4)16-15-39(2)3)37-33-35-20-22(19-34)32(38-33)25-21-41(23-13-14-23)28-11-9-8-10-24(25)28/h6-12,17-18,20-21,23H,1,13-16H2,2-5H3,(H,36,42)(H,35,37,38)/b12-7-. The van der Waals surface area contributed by atoms with Gasteiger partial charge in [-0.05, 0) is 39.1 Å². The van der Waals surface area contributed by atoms with E-state index in [2.05, 4.69) is 61.0 Å². The Morgan fingerprint density at radius 2 is 2.00 bits per heavy atom. The van der Waals surface area contributed by atoms with Crippen LogP contribution in [0.3, 0.4) is 0 Å². The molecule has 4 aromatic rings. The third-order valence-corrected chi connectivity index (χ3v) is 7.34. The Kier molecular flexibility index (Phi) is 8.74. The number of aromatic nitrogens is 3. The number of carbonyl (C=O) groups is 1. The van der Waals surface area contributed by atoms with E-state index < -0.39 is 0 Å². The van der Waals surface area contributed by atoms with Gasteiger partial charge in [-0.3, -0.25) is 4.79 Å². The van der Waals surface area contributed by atoms with Crippen LogP contribution in [0.5, 0.6) is 5.75 Å². The van der Waals surface area contributed by atoms with Gasteiger partial charge in [0.15, 0.2) is 0 Å². The Labute approximate surface area is 251 Å². The molecule has 0 unspecified atom stereocenters. The summed E-state index contributed by atoms with van der Waals surface area (Å²) in [6.07, 6.45) is 10.5. The van der Waals surface area contributed by atoms with Crippen molar-refractivity contribution in [2.75, 3.05) is 56.9 Å². The first-order valence-corrected chi connectivity index (χ1v) is 14.1. The minimum absolute atomic E-state index is 0.290. The summed E-state index contributed by atoms with van der Waals surface area (Å²) in [6.45, 7) is 5.19. The fourth-order valence-corrected chi connectivity index (χ4v) is 4.95. The average Bonchev–Trinajstić information content (AvgIpc) is 3.78. The Morgan fingerprint density at radius 1 is 1.21 bits per heavy atom. The predicted octanol–water partition coefficient (Wildman–Crippen LogP) is 5.74. The van der Waals surface area contributed by atoms with E-state index in [1.54, 1.807) is 25.3 Å². The van der Waals surface area contributed by atoms with Gasteiger partial charge in [-0.25, -0.2) is 9.97 Å². The lowest BCUT2D eigenvalue weighted by molar-refractivity contribution is -0.111. The van der Waals surface area contributed by atoms with Crippen molar-refractivity contribution in [2.24, 2.45) is 0 Å². The number of fused-ring (bicyclic) bond motifs is 1. The highest BCUT2D eigenvalue weighted by Gasteiger charge is 2.27. The molecular formula is C33H36N8O2. The number of hydrogen-bond donors (Lipinski definition) is 2. The molecule has 0 bridgehead atoms. The molecule has 5 rings (SSSR count). The maximum absolute atomic E-state index is 12.7. The number of ether oxygens (including phenoxy) is 1. The van der Waals surface area contributed by atoms with Gasteiger partial charge in [0, 0.05) is 61.0 Å². The van der Waals surface area contributed by atoms with Gasteiger partial charge in [0.05, 0.1) is 41.6 Å². The van der Waals surface area contributed by atoms with Crippen LogP contribution < -0.4 is 20.3 Å². The van der Waals surface area contributed by atoms with E-state index in [4.69, 9.17) is 9.72 Å². The molecule has 1 aliphatic carbocycles. The van der Waals surface area contributed by atoms with E-state index >= 15 is 0 Å². The quantitative estimate of drug-likeness (QED) is 0.162. The normalized spacial score (nSPS) is 12.8. The monoisotopic (exact) mass is 576 g/mol. The van der Waals surface area contributed by atoms with Gasteiger partial charge in [-0.2, -0.15) is 5.26 Å². The van der Waals surface area contributed by atoms with Gasteiger partial charge in [0.25, 0.3) is 0 Å². The molecule has 0 atom stereocenters. The molecule has 2 N–H and O–H groups in total. The zero-order valence-corrected chi connectivity index (χ0v) is 25.0. The van der Waals surface area contributed by atoms with Crippen LogP contribution in [-0.4, -0.2) is 66.7 Å². The van der Waals surface area contributed by atoms with Gasteiger partial charge in [-0.15, -0.1) is 0 Å². The topological polar surface area (TPSA) is 111 Å². The minimum Gasteiger partial charge on any atom is -0.494 e. The molecular weight excluding hydrogens is 540 g/mol. The number of nitrogens with zero attached hydrogens (tertiary/aromatic N) is 6. The van der Waals surface area contributed by atoms with E-state index in [0.29, 0.717) is 40.4 Å². The molecule has 1 fully saturated rings. The molecule has 1 aliphatic rings. The molecule has 0 spiro atoms. The van der Waals surface area contributed by atoms with Crippen molar-refractivity contribution in [3.8, 4) is 23.1 Å². The lowest BCUT2D eigenvalue weighted by atomic mass is 10.1. The van der Waals surface area contributed by atoms with E-state index in [1.807, 2.05) is 39.3 Å². The molecule has 43 heavy (non-hydrogen) atoms. The summed E-state index contributed by atoms with van der Waals surface area (Å²) in [6, 6.07) is 14.6. The third kappa shape index (κ3) is 6.52. The largest absolute Gasteiger partial charge is 0.494 e. The molecule has 2 aromatic heterocycles. The number of anilines is 4. The smallest absolute Gasteiger partial charge is 0.248 e. The second-order valence-electron chi connectivity index (χ2n) is 10.8. The van der Waals surface area contributed by atoms with Crippen LogP contribution in [0.4, 0.5) is 23.0 Å². The zero-order valence-electron chi connectivity index (χ0n) is 25.0. The van der Waals surface area contributed by atoms with Crippen molar-refractivity contribution < 1.29 is 9.53 Å². The van der Waals surface area contributed by atoms with Gasteiger partial charge >= 0.3 is 0 Å². The number of carbonyl (C=O) groups excluding carboxylic acids is 1. The maximum atomic E-state index is 12.7. The molecule has 2 aromatic carbocycles. The number of rotatable bonds is 12. The molecule has 10 heteroatoms. The maximum Gasteiger partial charge on any atom is 0.248 e. The van der Waals surface area contributed by atoms with Crippen molar-refractivity contribution in [1.29, 1.82) is 5.26 Å². The first kappa shape index (κ1) is 29.4. The molecule has 220 valence electrons. The number of hydrogen-bond acceptors (Lipinski definition) is 8. The number of para-hydroxylation sites is 1. The Morgan fingerprint density at radius 3 is 2.70 bits per heavy atom. The SMILES string of the molecule is C=C/C=C\C(=O)Nc1cc(Nc2ncc(C#N)c(-c3cn(C4CC4)c4ccccc34)n2)c(OC)cc1N(C)CCN(C)C. The number of likely N-dealkylation sites (N-methyl/N-ethyl adjacent to an activating group) is 2. The first-order valence-electron chi connectivity index (χ1n) is 14.1. The summed E-state index contributed by atoms with van der Waals surface area (Å²) in [7, 11) is 7.58. The summed E-state index contributed by atoms with van der Waals surface area (Å²) >= 11 is 0. The van der Waals surface area contributed by atoms with Crippen molar-refractivity contribution >= 4 is 39.8 Å². The van der Waals surface area contributed by atoms with Gasteiger partial charge < -0.3 is 29.7 Å². The van der Waals surface area contributed by atoms with Crippen molar-refractivity contribution in [3.63, 3.8) is 0 Å². The molecule has 2 heterocycles. The lowest BCUT2D eigenvalue weighted by Crippen LogP contribution is -2.29. The minimum atomic E-state index is -0.290. The molecule has 1 saturated carbocycles. The second kappa shape index (κ2) is 12.8. The number of nitriles is 1. The molecule has 0 aliphatic heterocycles. The van der Waals surface area contributed by atoms with Crippen LogP contribution in [0.2, 0.25) is 0 Å². The van der Waals surface area contributed by atoms with E-state index in [9.17, 15) is 10.1 Å². The number of amides is 1. The highest BCUT2D eigenvalue weighted by molar-refractivity contribution is 6.02. The number of benzene rings is 2. The summed E-state index contributed by atoms with van der Waals surface area (Å²) in [5, 5.41) is 17.2. The Balaban J connectivity index is 1.55.